The highest BCUT2D eigenvalue weighted by Gasteiger charge is 2.21. The third-order valence-corrected chi connectivity index (χ3v) is 3.62. The van der Waals surface area contributed by atoms with E-state index in [4.69, 9.17) is 5.11 Å². The van der Waals surface area contributed by atoms with Crippen LogP contribution in [-0.2, 0) is 4.79 Å². The Hall–Kier alpha value is -1.28. The molecule has 0 aromatic carbocycles. The largest absolute Gasteiger partial charge is 0.481 e. The van der Waals surface area contributed by atoms with Gasteiger partial charge in [0.15, 0.2) is 5.16 Å². The first kappa shape index (κ1) is 16.8. The fourth-order valence-corrected chi connectivity index (χ4v) is 2.80. The summed E-state index contributed by atoms with van der Waals surface area (Å²) in [4.78, 5) is 24.6. The molecule has 8 heteroatoms. The molecule has 0 aliphatic carbocycles. The van der Waals surface area contributed by atoms with E-state index in [-0.39, 0.29) is 17.5 Å². The van der Waals surface area contributed by atoms with Crippen molar-refractivity contribution in [2.75, 3.05) is 26.4 Å². The minimum absolute atomic E-state index is 0.0208. The summed E-state index contributed by atoms with van der Waals surface area (Å²) >= 11 is 1.06. The SMILES string of the molecule is CC(C)CC(CN(C)C)n1c(SCC(=O)O)n[nH]c1=O. The van der Waals surface area contributed by atoms with Crippen LogP contribution in [0.2, 0.25) is 0 Å². The van der Waals surface area contributed by atoms with Crippen molar-refractivity contribution in [3.63, 3.8) is 0 Å². The number of carboxylic acid groups (broad SMARTS) is 1. The van der Waals surface area contributed by atoms with E-state index in [1.165, 1.54) is 0 Å². The van der Waals surface area contributed by atoms with Crippen molar-refractivity contribution in [3.8, 4) is 0 Å². The van der Waals surface area contributed by atoms with Gasteiger partial charge >= 0.3 is 11.7 Å². The van der Waals surface area contributed by atoms with E-state index in [1.807, 2.05) is 19.0 Å². The van der Waals surface area contributed by atoms with Gasteiger partial charge in [-0.2, -0.15) is 0 Å². The maximum absolute atomic E-state index is 12.0. The average molecular weight is 302 g/mol. The number of hydrogen-bond donors (Lipinski definition) is 2. The number of aliphatic carboxylic acids is 1. The van der Waals surface area contributed by atoms with Gasteiger partial charge in [-0.15, -0.1) is 5.10 Å². The van der Waals surface area contributed by atoms with Gasteiger partial charge < -0.3 is 10.0 Å². The zero-order chi connectivity index (χ0) is 15.3. The molecule has 7 nitrogen and oxygen atoms in total. The maximum Gasteiger partial charge on any atom is 0.344 e. The summed E-state index contributed by atoms with van der Waals surface area (Å²) in [5.41, 5.74) is -0.287. The van der Waals surface area contributed by atoms with Gasteiger partial charge in [-0.1, -0.05) is 25.6 Å². The van der Waals surface area contributed by atoms with Crippen molar-refractivity contribution < 1.29 is 9.90 Å². The number of thioether (sulfide) groups is 1. The number of likely N-dealkylation sites (N-methyl/N-ethyl adjacent to an activating group) is 1. The summed E-state index contributed by atoms with van der Waals surface area (Å²) in [5.74, 6) is -0.607. The minimum Gasteiger partial charge on any atom is -0.481 e. The van der Waals surface area contributed by atoms with Gasteiger partial charge in [0.25, 0.3) is 0 Å². The molecule has 0 aliphatic heterocycles. The van der Waals surface area contributed by atoms with E-state index in [1.54, 1.807) is 4.57 Å². The lowest BCUT2D eigenvalue weighted by Gasteiger charge is -2.24. The highest BCUT2D eigenvalue weighted by Crippen LogP contribution is 2.22. The molecular formula is C12H22N4O3S. The van der Waals surface area contributed by atoms with Crippen LogP contribution in [0.15, 0.2) is 9.95 Å². The molecule has 0 saturated carbocycles. The number of hydrogen-bond acceptors (Lipinski definition) is 5. The smallest absolute Gasteiger partial charge is 0.344 e. The van der Waals surface area contributed by atoms with Gasteiger partial charge in [0, 0.05) is 6.54 Å². The maximum atomic E-state index is 12.0. The second kappa shape index (κ2) is 7.49. The van der Waals surface area contributed by atoms with Crippen LogP contribution in [0.1, 0.15) is 26.3 Å². The van der Waals surface area contributed by atoms with E-state index < -0.39 is 5.97 Å². The van der Waals surface area contributed by atoms with Crippen LogP contribution < -0.4 is 5.69 Å². The molecule has 0 amide bonds. The highest BCUT2D eigenvalue weighted by molar-refractivity contribution is 7.99. The fourth-order valence-electron chi connectivity index (χ4n) is 2.07. The van der Waals surface area contributed by atoms with Crippen molar-refractivity contribution in [2.24, 2.45) is 5.92 Å². The first-order chi connectivity index (χ1) is 9.31. The molecule has 0 fully saturated rings. The first-order valence-electron chi connectivity index (χ1n) is 6.47. The normalized spacial score (nSPS) is 13.1. The van der Waals surface area contributed by atoms with E-state index >= 15 is 0 Å². The molecule has 0 aliphatic rings. The Morgan fingerprint density at radius 2 is 2.15 bits per heavy atom. The molecule has 0 bridgehead atoms. The molecule has 1 aromatic heterocycles. The lowest BCUT2D eigenvalue weighted by molar-refractivity contribution is -0.133. The highest BCUT2D eigenvalue weighted by atomic mass is 32.2. The molecule has 0 spiro atoms. The predicted octanol–water partition coefficient (Wildman–Crippen LogP) is 0.897. The third kappa shape index (κ3) is 5.01. The summed E-state index contributed by atoms with van der Waals surface area (Å²) in [6.07, 6.45) is 0.832. The van der Waals surface area contributed by atoms with E-state index in [0.29, 0.717) is 17.6 Å². The van der Waals surface area contributed by atoms with Crippen LogP contribution in [0.3, 0.4) is 0 Å². The first-order valence-corrected chi connectivity index (χ1v) is 7.46. The number of nitrogens with zero attached hydrogens (tertiary/aromatic N) is 3. The monoisotopic (exact) mass is 302 g/mol. The van der Waals surface area contributed by atoms with Crippen LogP contribution in [0.5, 0.6) is 0 Å². The molecule has 0 radical (unpaired) electrons. The second-order valence-electron chi connectivity index (χ2n) is 5.41. The quantitative estimate of drug-likeness (QED) is 0.693. The van der Waals surface area contributed by atoms with E-state index in [2.05, 4.69) is 24.0 Å². The lowest BCUT2D eigenvalue weighted by atomic mass is 10.0. The summed E-state index contributed by atoms with van der Waals surface area (Å²) in [5, 5.41) is 15.5. The predicted molar refractivity (Wildman–Crippen MR) is 78.3 cm³/mol. The summed E-state index contributed by atoms with van der Waals surface area (Å²) < 4.78 is 1.58. The second-order valence-corrected chi connectivity index (χ2v) is 6.35. The fraction of sp³-hybridized carbons (Fsp3) is 0.750. The van der Waals surface area contributed by atoms with Crippen molar-refractivity contribution in [2.45, 2.75) is 31.5 Å². The van der Waals surface area contributed by atoms with Gasteiger partial charge in [0.2, 0.25) is 0 Å². The summed E-state index contributed by atoms with van der Waals surface area (Å²) in [6, 6.07) is -0.0208. The average Bonchev–Trinajstić information content (AvgIpc) is 2.65. The Labute approximate surface area is 122 Å². The Kier molecular flexibility index (Phi) is 6.28. The topological polar surface area (TPSA) is 91.2 Å². The van der Waals surface area contributed by atoms with Gasteiger partial charge in [-0.25, -0.2) is 9.89 Å². The standard InChI is InChI=1S/C12H22N4O3S/c1-8(2)5-9(6-15(3)4)16-11(19)13-14-12(16)20-7-10(17)18/h8-9H,5-7H2,1-4H3,(H,13,19)(H,17,18). The summed E-state index contributed by atoms with van der Waals surface area (Å²) in [7, 11) is 3.89. The van der Waals surface area contributed by atoms with Gasteiger partial charge in [0.05, 0.1) is 11.8 Å². The molecule has 0 saturated heterocycles. The molecule has 20 heavy (non-hydrogen) atoms. The molecule has 114 valence electrons. The third-order valence-electron chi connectivity index (χ3n) is 2.68. The van der Waals surface area contributed by atoms with Crippen molar-refractivity contribution >= 4 is 17.7 Å². The van der Waals surface area contributed by atoms with Gasteiger partial charge in [0.1, 0.15) is 0 Å². The Bertz CT molecular complexity index is 485. The number of aromatic nitrogens is 3. The lowest BCUT2D eigenvalue weighted by Crippen LogP contribution is -2.32. The van der Waals surface area contributed by atoms with Crippen LogP contribution in [-0.4, -0.2) is 57.1 Å². The molecule has 1 aromatic rings. The molecule has 1 atom stereocenters. The number of H-pyrrole nitrogens is 1. The van der Waals surface area contributed by atoms with Crippen molar-refractivity contribution in [3.05, 3.63) is 10.5 Å². The Morgan fingerprint density at radius 1 is 1.50 bits per heavy atom. The molecule has 2 N–H and O–H groups in total. The summed E-state index contributed by atoms with van der Waals surface area (Å²) in [6.45, 7) is 4.90. The number of carbonyl (C=O) groups is 1. The van der Waals surface area contributed by atoms with E-state index in [0.717, 1.165) is 18.2 Å². The minimum atomic E-state index is -0.926. The number of carboxylic acids is 1. The molecule has 1 unspecified atom stereocenters. The van der Waals surface area contributed by atoms with Crippen LogP contribution in [0, 0.1) is 5.92 Å². The Morgan fingerprint density at radius 3 is 2.65 bits per heavy atom. The van der Waals surface area contributed by atoms with Gasteiger partial charge in [-0.05, 0) is 26.4 Å². The Balaban J connectivity index is 3.01. The van der Waals surface area contributed by atoms with Crippen molar-refractivity contribution in [1.29, 1.82) is 0 Å². The number of nitrogens with one attached hydrogen (secondary N) is 1. The van der Waals surface area contributed by atoms with E-state index in [9.17, 15) is 9.59 Å². The number of rotatable bonds is 8. The van der Waals surface area contributed by atoms with Crippen LogP contribution in [0.25, 0.3) is 0 Å². The zero-order valence-electron chi connectivity index (χ0n) is 12.3. The van der Waals surface area contributed by atoms with Crippen molar-refractivity contribution in [1.82, 2.24) is 19.7 Å². The molecule has 1 heterocycles. The van der Waals surface area contributed by atoms with Gasteiger partial charge in [-0.3, -0.25) is 9.36 Å². The zero-order valence-corrected chi connectivity index (χ0v) is 13.1. The molecular weight excluding hydrogens is 280 g/mol. The van der Waals surface area contributed by atoms with Crippen LogP contribution in [0.4, 0.5) is 0 Å². The number of aromatic amines is 1. The molecule has 1 rings (SSSR count). The van der Waals surface area contributed by atoms with Crippen LogP contribution >= 0.6 is 11.8 Å².